The van der Waals surface area contributed by atoms with Gasteiger partial charge >= 0.3 is 0 Å². The molecule has 3 aromatic carbocycles. The summed E-state index contributed by atoms with van der Waals surface area (Å²) in [6.45, 7) is 6.04. The van der Waals surface area contributed by atoms with Gasteiger partial charge in [-0.25, -0.2) is 0 Å². The summed E-state index contributed by atoms with van der Waals surface area (Å²) in [5, 5.41) is 0. The lowest BCUT2D eigenvalue weighted by atomic mass is 9.96. The number of fused-ring (bicyclic) bond motifs is 1. The lowest BCUT2D eigenvalue weighted by molar-refractivity contribution is 0.152. The van der Waals surface area contributed by atoms with Gasteiger partial charge in [0.1, 0.15) is 18.5 Å². The zero-order valence-electron chi connectivity index (χ0n) is 16.8. The van der Waals surface area contributed by atoms with Gasteiger partial charge in [0.25, 0.3) is 10.1 Å². The molecule has 0 bridgehead atoms. The zero-order valence-corrected chi connectivity index (χ0v) is 17.6. The first-order valence-electron chi connectivity index (χ1n) is 9.66. The Morgan fingerprint density at radius 2 is 1.66 bits per heavy atom. The average Bonchev–Trinajstić information content (AvgIpc) is 3.12. The van der Waals surface area contributed by atoms with Gasteiger partial charge in [-0.3, -0.25) is 4.18 Å². The maximum atomic E-state index is 12.5. The number of benzene rings is 3. The third-order valence-electron chi connectivity index (χ3n) is 5.23. The van der Waals surface area contributed by atoms with E-state index in [0.717, 1.165) is 28.0 Å². The fraction of sp³-hybridized carbons (Fsp3) is 0.250. The van der Waals surface area contributed by atoms with E-state index in [1.165, 1.54) is 11.1 Å². The van der Waals surface area contributed by atoms with Crippen LogP contribution in [-0.4, -0.2) is 21.1 Å². The molecule has 0 amide bonds. The topological polar surface area (TPSA) is 52.6 Å². The van der Waals surface area contributed by atoms with Gasteiger partial charge < -0.3 is 4.74 Å². The van der Waals surface area contributed by atoms with Crippen LogP contribution in [0.2, 0.25) is 0 Å². The molecular weight excluding hydrogens is 384 g/mol. The first kappa shape index (κ1) is 19.7. The van der Waals surface area contributed by atoms with Crippen LogP contribution < -0.4 is 4.74 Å². The minimum absolute atomic E-state index is 0.0167. The lowest BCUT2D eigenvalue weighted by Gasteiger charge is -2.14. The van der Waals surface area contributed by atoms with Gasteiger partial charge in [-0.15, -0.1) is 0 Å². The largest absolute Gasteiger partial charge is 0.487 e. The molecule has 29 heavy (non-hydrogen) atoms. The predicted molar refractivity (Wildman–Crippen MR) is 114 cm³/mol. The molecule has 0 aliphatic carbocycles. The Hall–Kier alpha value is -2.63. The maximum Gasteiger partial charge on any atom is 0.297 e. The second-order valence-electron chi connectivity index (χ2n) is 7.61. The van der Waals surface area contributed by atoms with Crippen molar-refractivity contribution in [2.24, 2.45) is 0 Å². The van der Waals surface area contributed by atoms with Gasteiger partial charge in [0.05, 0.1) is 4.90 Å². The number of rotatable bonds is 5. The summed E-state index contributed by atoms with van der Waals surface area (Å²) >= 11 is 0. The van der Waals surface area contributed by atoms with Gasteiger partial charge in [-0.2, -0.15) is 8.42 Å². The van der Waals surface area contributed by atoms with E-state index in [4.69, 9.17) is 8.92 Å². The highest BCUT2D eigenvalue weighted by Crippen LogP contribution is 2.40. The van der Waals surface area contributed by atoms with E-state index in [-0.39, 0.29) is 17.6 Å². The lowest BCUT2D eigenvalue weighted by Crippen LogP contribution is -2.23. The first-order chi connectivity index (χ1) is 13.8. The number of hydrogen-bond donors (Lipinski definition) is 0. The Morgan fingerprint density at radius 3 is 2.41 bits per heavy atom. The molecular formula is C24H24O4S. The van der Waals surface area contributed by atoms with Crippen molar-refractivity contribution in [2.45, 2.75) is 38.2 Å². The van der Waals surface area contributed by atoms with Crippen LogP contribution in [0.15, 0.2) is 65.6 Å². The predicted octanol–water partition coefficient (Wildman–Crippen LogP) is 4.99. The highest BCUT2D eigenvalue weighted by molar-refractivity contribution is 7.86. The summed E-state index contributed by atoms with van der Waals surface area (Å²) in [6.07, 6.45) is 0.286. The molecule has 1 unspecified atom stereocenters. The van der Waals surface area contributed by atoms with Crippen LogP contribution in [0.5, 0.6) is 5.75 Å². The van der Waals surface area contributed by atoms with Gasteiger partial charge in [0.15, 0.2) is 0 Å². The number of ether oxygens (including phenoxy) is 1. The van der Waals surface area contributed by atoms with Crippen LogP contribution in [0, 0.1) is 20.8 Å². The number of para-hydroxylation sites is 1. The molecule has 150 valence electrons. The van der Waals surface area contributed by atoms with E-state index in [2.05, 4.69) is 32.0 Å². The molecule has 4 rings (SSSR count). The molecule has 4 nitrogen and oxygen atoms in total. The van der Waals surface area contributed by atoms with Crippen LogP contribution in [0.25, 0.3) is 11.1 Å². The molecule has 1 aliphatic heterocycles. The van der Waals surface area contributed by atoms with Gasteiger partial charge in [-0.05, 0) is 49.6 Å². The SMILES string of the molecule is Cc1ccc(S(=O)(=O)OCC2Cc3cccc(-c4cc(C)ccc4C)c3O2)cc1. The Kier molecular flexibility index (Phi) is 5.19. The van der Waals surface area contributed by atoms with Gasteiger partial charge in [0, 0.05) is 12.0 Å². The van der Waals surface area contributed by atoms with Gasteiger partial charge in [-0.1, -0.05) is 59.7 Å². The zero-order chi connectivity index (χ0) is 20.6. The fourth-order valence-corrected chi connectivity index (χ4v) is 4.54. The second kappa shape index (κ2) is 7.65. The minimum Gasteiger partial charge on any atom is -0.487 e. The standard InChI is InChI=1S/C24H24O4S/c1-16-8-11-21(12-9-16)29(25,26)27-15-20-14-19-5-4-6-22(24(19)28-20)23-13-17(2)7-10-18(23)3/h4-13,20H,14-15H2,1-3H3. The number of hydrogen-bond acceptors (Lipinski definition) is 4. The summed E-state index contributed by atoms with van der Waals surface area (Å²) in [7, 11) is -3.81. The second-order valence-corrected chi connectivity index (χ2v) is 9.22. The fourth-order valence-electron chi connectivity index (χ4n) is 3.61. The molecule has 0 aromatic heterocycles. The third kappa shape index (κ3) is 4.07. The quantitative estimate of drug-likeness (QED) is 0.558. The minimum atomic E-state index is -3.81. The van der Waals surface area contributed by atoms with Crippen LogP contribution >= 0.6 is 0 Å². The molecule has 0 saturated carbocycles. The summed E-state index contributed by atoms with van der Waals surface area (Å²) in [5.74, 6) is 0.822. The third-order valence-corrected chi connectivity index (χ3v) is 6.53. The molecule has 0 N–H and O–H groups in total. The van der Waals surface area contributed by atoms with Crippen molar-refractivity contribution in [2.75, 3.05) is 6.61 Å². The van der Waals surface area contributed by atoms with E-state index in [0.29, 0.717) is 6.42 Å². The summed E-state index contributed by atoms with van der Waals surface area (Å²) in [4.78, 5) is 0.162. The maximum absolute atomic E-state index is 12.5. The van der Waals surface area contributed by atoms with Crippen LogP contribution in [0.1, 0.15) is 22.3 Å². The van der Waals surface area contributed by atoms with Crippen molar-refractivity contribution in [1.82, 2.24) is 0 Å². The van der Waals surface area contributed by atoms with E-state index >= 15 is 0 Å². The van der Waals surface area contributed by atoms with E-state index in [9.17, 15) is 8.42 Å². The van der Waals surface area contributed by atoms with Crippen molar-refractivity contribution >= 4 is 10.1 Å². The van der Waals surface area contributed by atoms with Gasteiger partial charge in [0.2, 0.25) is 0 Å². The van der Waals surface area contributed by atoms with Crippen LogP contribution in [0.4, 0.5) is 0 Å². The van der Waals surface area contributed by atoms with Crippen molar-refractivity contribution < 1.29 is 17.3 Å². The molecule has 0 spiro atoms. The Bertz CT molecular complexity index is 1150. The average molecular weight is 409 g/mol. The normalized spacial score (nSPS) is 15.8. The van der Waals surface area contributed by atoms with Crippen molar-refractivity contribution in [3.8, 4) is 16.9 Å². The molecule has 5 heteroatoms. The Morgan fingerprint density at radius 1 is 0.931 bits per heavy atom. The smallest absolute Gasteiger partial charge is 0.297 e. The number of aryl methyl sites for hydroxylation is 3. The highest BCUT2D eigenvalue weighted by Gasteiger charge is 2.28. The summed E-state index contributed by atoms with van der Waals surface area (Å²) in [6, 6.07) is 19.1. The van der Waals surface area contributed by atoms with Crippen LogP contribution in [0.3, 0.4) is 0 Å². The van der Waals surface area contributed by atoms with E-state index in [1.54, 1.807) is 24.3 Å². The molecule has 3 aromatic rings. The molecule has 0 radical (unpaired) electrons. The molecule has 1 atom stereocenters. The molecule has 0 saturated heterocycles. The molecule has 1 heterocycles. The van der Waals surface area contributed by atoms with Crippen LogP contribution in [-0.2, 0) is 20.7 Å². The highest BCUT2D eigenvalue weighted by atomic mass is 32.2. The van der Waals surface area contributed by atoms with E-state index < -0.39 is 10.1 Å². The van der Waals surface area contributed by atoms with E-state index in [1.807, 2.05) is 25.1 Å². The molecule has 0 fully saturated rings. The summed E-state index contributed by atoms with van der Waals surface area (Å²) < 4.78 is 36.4. The molecule has 1 aliphatic rings. The van der Waals surface area contributed by atoms with Crippen molar-refractivity contribution in [3.05, 3.63) is 82.9 Å². The van der Waals surface area contributed by atoms with Crippen molar-refractivity contribution in [3.63, 3.8) is 0 Å². The Balaban J connectivity index is 1.53. The van der Waals surface area contributed by atoms with Crippen molar-refractivity contribution in [1.29, 1.82) is 0 Å². The Labute approximate surface area is 172 Å². The summed E-state index contributed by atoms with van der Waals surface area (Å²) in [5.41, 5.74) is 6.60. The monoisotopic (exact) mass is 408 g/mol. The first-order valence-corrected chi connectivity index (χ1v) is 11.1.